The second-order valence-corrected chi connectivity index (χ2v) is 7.27. The first-order valence-corrected chi connectivity index (χ1v) is 10.2. The largest absolute Gasteiger partial charge is 0.452 e. The van der Waals surface area contributed by atoms with Crippen molar-refractivity contribution in [3.8, 4) is 0 Å². The van der Waals surface area contributed by atoms with Gasteiger partial charge in [0.2, 0.25) is 0 Å². The van der Waals surface area contributed by atoms with E-state index in [2.05, 4.69) is 4.98 Å². The molecule has 0 radical (unpaired) electrons. The van der Waals surface area contributed by atoms with Crippen LogP contribution in [0.25, 0.3) is 0 Å². The first-order valence-electron chi connectivity index (χ1n) is 9.85. The summed E-state index contributed by atoms with van der Waals surface area (Å²) in [7, 11) is 1.36. The van der Waals surface area contributed by atoms with Gasteiger partial charge in [-0.15, -0.1) is 0 Å². The zero-order valence-electron chi connectivity index (χ0n) is 18.0. The number of benzene rings is 1. The van der Waals surface area contributed by atoms with Gasteiger partial charge in [0, 0.05) is 20.2 Å². The Kier molecular flexibility index (Phi) is 9.12. The third kappa shape index (κ3) is 6.17. The molecule has 10 nitrogen and oxygen atoms in total. The van der Waals surface area contributed by atoms with Crippen molar-refractivity contribution in [1.82, 2.24) is 9.55 Å². The number of halogens is 3. The number of rotatable bonds is 10. The molecule has 33 heavy (non-hydrogen) atoms. The second kappa shape index (κ2) is 11.6. The maximum atomic E-state index is 13.4. The minimum atomic E-state index is -1.33. The van der Waals surface area contributed by atoms with E-state index in [1.54, 1.807) is 0 Å². The fourth-order valence-corrected chi connectivity index (χ4v) is 3.11. The number of esters is 1. The van der Waals surface area contributed by atoms with Gasteiger partial charge >= 0.3 is 11.7 Å². The number of carbonyl (C=O) groups is 2. The molecule has 0 unspecified atom stereocenters. The number of amides is 1. The quantitative estimate of drug-likeness (QED) is 0.383. The highest BCUT2D eigenvalue weighted by molar-refractivity contribution is 6.33. The van der Waals surface area contributed by atoms with E-state index in [0.29, 0.717) is 18.6 Å². The molecule has 180 valence electrons. The zero-order chi connectivity index (χ0) is 24.7. The number of hydrogen-bond donors (Lipinski definition) is 2. The summed E-state index contributed by atoms with van der Waals surface area (Å²) in [5.74, 6) is -4.89. The Bertz CT molecular complexity index is 1150. The molecule has 13 heteroatoms. The van der Waals surface area contributed by atoms with Gasteiger partial charge in [-0.05, 0) is 18.6 Å². The van der Waals surface area contributed by atoms with Crippen LogP contribution in [0.3, 0.4) is 0 Å². The van der Waals surface area contributed by atoms with E-state index in [4.69, 9.17) is 26.8 Å². The molecule has 1 amide bonds. The van der Waals surface area contributed by atoms with Crippen LogP contribution in [0.1, 0.15) is 30.1 Å². The lowest BCUT2D eigenvalue weighted by Crippen LogP contribution is -2.44. The summed E-state index contributed by atoms with van der Waals surface area (Å²) < 4.78 is 37.6. The summed E-state index contributed by atoms with van der Waals surface area (Å²) in [6.07, 6.45) is 1.34. The molecule has 0 aliphatic carbocycles. The number of aromatic nitrogens is 2. The lowest BCUT2D eigenvalue weighted by molar-refractivity contribution is -0.121. The van der Waals surface area contributed by atoms with Crippen LogP contribution < -0.4 is 21.9 Å². The van der Waals surface area contributed by atoms with Gasteiger partial charge in [0.15, 0.2) is 23.9 Å². The predicted octanol–water partition coefficient (Wildman–Crippen LogP) is 1.69. The Hall–Kier alpha value is -3.25. The van der Waals surface area contributed by atoms with Gasteiger partial charge in [-0.3, -0.25) is 24.0 Å². The van der Waals surface area contributed by atoms with E-state index in [-0.39, 0.29) is 31.2 Å². The van der Waals surface area contributed by atoms with E-state index in [1.165, 1.54) is 7.11 Å². The molecule has 0 atom stereocenters. The van der Waals surface area contributed by atoms with Crippen LogP contribution in [0.4, 0.5) is 20.3 Å². The summed E-state index contributed by atoms with van der Waals surface area (Å²) in [4.78, 5) is 52.7. The number of nitrogens with one attached hydrogen (secondary N) is 1. The normalized spacial score (nSPS) is 10.8. The molecule has 0 aliphatic rings. The molecule has 0 fully saturated rings. The fourth-order valence-electron chi connectivity index (χ4n) is 2.88. The van der Waals surface area contributed by atoms with Crippen LogP contribution in [-0.4, -0.2) is 48.3 Å². The number of hydrogen-bond acceptors (Lipinski definition) is 7. The van der Waals surface area contributed by atoms with Crippen molar-refractivity contribution in [3.63, 3.8) is 0 Å². The highest BCUT2D eigenvalue weighted by atomic mass is 35.5. The number of nitrogens with zero attached hydrogens (tertiary/aromatic N) is 2. The lowest BCUT2D eigenvalue weighted by Gasteiger charge is -2.24. The van der Waals surface area contributed by atoms with Crippen molar-refractivity contribution in [2.45, 2.75) is 26.3 Å². The van der Waals surface area contributed by atoms with E-state index < -0.39 is 52.0 Å². The Labute approximate surface area is 191 Å². The summed E-state index contributed by atoms with van der Waals surface area (Å²) in [5, 5.41) is -0.411. The number of nitrogens with two attached hydrogens (primary N) is 1. The van der Waals surface area contributed by atoms with Crippen LogP contribution in [-0.2, 0) is 20.8 Å². The molecule has 0 aliphatic heterocycles. The molecular weight excluding hydrogens is 466 g/mol. The third-order valence-corrected chi connectivity index (χ3v) is 4.91. The minimum Gasteiger partial charge on any atom is -0.452 e. The van der Waals surface area contributed by atoms with Gasteiger partial charge in [0.25, 0.3) is 11.5 Å². The molecule has 0 spiro atoms. The Morgan fingerprint density at radius 3 is 2.55 bits per heavy atom. The maximum Gasteiger partial charge on any atom is 0.340 e. The fraction of sp³-hybridized carbons (Fsp3) is 0.400. The van der Waals surface area contributed by atoms with Crippen molar-refractivity contribution >= 4 is 35.0 Å². The summed E-state index contributed by atoms with van der Waals surface area (Å²) in [6, 6.07) is 1.14. The van der Waals surface area contributed by atoms with Crippen molar-refractivity contribution in [2.75, 3.05) is 37.5 Å². The first-order chi connectivity index (χ1) is 15.6. The van der Waals surface area contributed by atoms with Gasteiger partial charge in [0.1, 0.15) is 5.82 Å². The topological polar surface area (TPSA) is 137 Å². The smallest absolute Gasteiger partial charge is 0.340 e. The van der Waals surface area contributed by atoms with Crippen molar-refractivity contribution < 1.29 is 27.8 Å². The van der Waals surface area contributed by atoms with Crippen LogP contribution in [0.2, 0.25) is 5.02 Å². The van der Waals surface area contributed by atoms with E-state index >= 15 is 0 Å². The minimum absolute atomic E-state index is 0.0122. The summed E-state index contributed by atoms with van der Waals surface area (Å²) in [5.41, 5.74) is 3.60. The highest BCUT2D eigenvalue weighted by Crippen LogP contribution is 2.21. The van der Waals surface area contributed by atoms with Crippen LogP contribution >= 0.6 is 11.6 Å². The van der Waals surface area contributed by atoms with Gasteiger partial charge in [-0.1, -0.05) is 24.9 Å². The number of ether oxygens (including phenoxy) is 2. The van der Waals surface area contributed by atoms with E-state index in [9.17, 15) is 28.0 Å². The molecule has 1 aromatic carbocycles. The molecule has 3 N–H and O–H groups in total. The lowest BCUT2D eigenvalue weighted by atomic mass is 10.2. The van der Waals surface area contributed by atoms with Gasteiger partial charge < -0.3 is 15.2 Å². The molecule has 1 aromatic heterocycles. The number of H-pyrrole nitrogens is 1. The van der Waals surface area contributed by atoms with Crippen LogP contribution in [0.5, 0.6) is 0 Å². The molecular formula is C20H23ClF2N4O6. The Morgan fingerprint density at radius 2 is 1.91 bits per heavy atom. The SMILES string of the molecule is CCCCn1c(N)c(N(CCOC)C(=O)COC(=O)c2cc(F)c(F)cc2Cl)c(=O)[nH]c1=O. The van der Waals surface area contributed by atoms with Crippen LogP contribution in [0.15, 0.2) is 21.7 Å². The van der Waals surface area contributed by atoms with Crippen molar-refractivity contribution in [2.24, 2.45) is 0 Å². The van der Waals surface area contributed by atoms with Gasteiger partial charge in [-0.25, -0.2) is 18.4 Å². The number of carbonyl (C=O) groups excluding carboxylic acids is 2. The summed E-state index contributed by atoms with van der Waals surface area (Å²) >= 11 is 5.74. The number of anilines is 2. The monoisotopic (exact) mass is 488 g/mol. The third-order valence-electron chi connectivity index (χ3n) is 4.60. The predicted molar refractivity (Wildman–Crippen MR) is 117 cm³/mol. The average molecular weight is 489 g/mol. The molecule has 0 bridgehead atoms. The zero-order valence-corrected chi connectivity index (χ0v) is 18.7. The standard InChI is InChI=1S/C20H23ClF2N4O6/c1-3-4-5-27-17(24)16(18(29)25-20(27)31)26(6-7-32-2)15(28)10-33-19(30)11-8-13(22)14(23)9-12(11)21/h8-9H,3-7,10,24H2,1-2H3,(H,25,29,31). The number of unbranched alkanes of at least 4 members (excludes halogenated alkanes) is 1. The summed E-state index contributed by atoms with van der Waals surface area (Å²) in [6.45, 7) is 1.06. The van der Waals surface area contributed by atoms with Gasteiger partial charge in [-0.2, -0.15) is 0 Å². The number of aromatic amines is 1. The maximum absolute atomic E-state index is 13.4. The van der Waals surface area contributed by atoms with E-state index in [1.807, 2.05) is 6.92 Å². The van der Waals surface area contributed by atoms with Crippen molar-refractivity contribution in [1.29, 1.82) is 0 Å². The first kappa shape index (κ1) is 26.0. The molecule has 2 rings (SSSR count). The number of methoxy groups -OCH3 is 1. The molecule has 0 saturated carbocycles. The Balaban J connectivity index is 2.33. The highest BCUT2D eigenvalue weighted by Gasteiger charge is 2.26. The van der Waals surface area contributed by atoms with Crippen LogP contribution in [0, 0.1) is 11.6 Å². The molecule has 1 heterocycles. The van der Waals surface area contributed by atoms with Crippen molar-refractivity contribution in [3.05, 3.63) is 55.2 Å². The second-order valence-electron chi connectivity index (χ2n) is 6.86. The molecule has 2 aromatic rings. The molecule has 0 saturated heterocycles. The average Bonchev–Trinajstić information content (AvgIpc) is 2.76. The van der Waals surface area contributed by atoms with Gasteiger partial charge in [0.05, 0.1) is 17.2 Å². The Morgan fingerprint density at radius 1 is 1.24 bits per heavy atom. The van der Waals surface area contributed by atoms with E-state index in [0.717, 1.165) is 15.9 Å². The number of nitrogen functional groups attached to an aromatic ring is 1.